The molecule has 8 heteroatoms. The molecule has 0 saturated carbocycles. The molecule has 1 nitrogen and oxygen atoms in total. The van der Waals surface area contributed by atoms with Crippen molar-refractivity contribution in [2.75, 3.05) is 0 Å². The lowest BCUT2D eigenvalue weighted by Gasteiger charge is -2.10. The topological polar surface area (TPSA) is 17.1 Å². The molecule has 0 aliphatic rings. The lowest BCUT2D eigenvalue weighted by Crippen LogP contribution is -2.23. The maximum atomic E-state index is 12.3. The van der Waals surface area contributed by atoms with Crippen LogP contribution in [0.25, 0.3) is 0 Å². The lowest BCUT2D eigenvalue weighted by atomic mass is 10.1. The molecule has 0 saturated heterocycles. The van der Waals surface area contributed by atoms with Gasteiger partial charge in [0.2, 0.25) is 0 Å². The van der Waals surface area contributed by atoms with E-state index >= 15 is 0 Å². The standard InChI is InChI=1S/C9H3ClF6O/c10-6-2-4(7(17)9(14,15)16)1-5(3-6)8(11,12)13/h1-3H. The van der Waals surface area contributed by atoms with Crippen LogP contribution in [0, 0.1) is 0 Å². The first kappa shape index (κ1) is 13.8. The van der Waals surface area contributed by atoms with E-state index in [1.165, 1.54) is 0 Å². The van der Waals surface area contributed by atoms with Gasteiger partial charge in [-0.2, -0.15) is 26.3 Å². The Morgan fingerprint density at radius 2 is 1.53 bits per heavy atom. The Balaban J connectivity index is 3.29. The zero-order valence-electron chi connectivity index (χ0n) is 7.79. The monoisotopic (exact) mass is 276 g/mol. The van der Waals surface area contributed by atoms with Crippen LogP contribution in [0.4, 0.5) is 26.3 Å². The quantitative estimate of drug-likeness (QED) is 0.557. The average molecular weight is 277 g/mol. The minimum Gasteiger partial charge on any atom is -0.284 e. The second-order valence-electron chi connectivity index (χ2n) is 3.05. The summed E-state index contributed by atoms with van der Waals surface area (Å²) in [5.74, 6) is -2.37. The van der Waals surface area contributed by atoms with Gasteiger partial charge in [-0.15, -0.1) is 0 Å². The number of alkyl halides is 6. The summed E-state index contributed by atoms with van der Waals surface area (Å²) in [5, 5.41) is -0.590. The van der Waals surface area contributed by atoms with Gasteiger partial charge in [-0.25, -0.2) is 0 Å². The van der Waals surface area contributed by atoms with Gasteiger partial charge >= 0.3 is 12.4 Å². The van der Waals surface area contributed by atoms with Crippen molar-refractivity contribution in [2.45, 2.75) is 12.4 Å². The third-order valence-corrected chi connectivity index (χ3v) is 1.96. The van der Waals surface area contributed by atoms with Crippen LogP contribution in [-0.2, 0) is 6.18 Å². The largest absolute Gasteiger partial charge is 0.454 e. The molecule has 0 aliphatic carbocycles. The highest BCUT2D eigenvalue weighted by Gasteiger charge is 2.40. The summed E-state index contributed by atoms with van der Waals surface area (Å²) >= 11 is 5.23. The van der Waals surface area contributed by atoms with E-state index < -0.39 is 34.3 Å². The first-order valence-electron chi connectivity index (χ1n) is 4.01. The van der Waals surface area contributed by atoms with Crippen molar-refractivity contribution in [2.24, 2.45) is 0 Å². The van der Waals surface area contributed by atoms with E-state index in [1.807, 2.05) is 0 Å². The van der Waals surface area contributed by atoms with Crippen LogP contribution in [0.15, 0.2) is 18.2 Å². The number of hydrogen-bond acceptors (Lipinski definition) is 1. The Bertz CT molecular complexity index is 448. The fourth-order valence-electron chi connectivity index (χ4n) is 1.05. The molecule has 1 aromatic carbocycles. The number of carbonyl (C=O) groups is 1. The van der Waals surface area contributed by atoms with Crippen molar-refractivity contribution in [1.29, 1.82) is 0 Å². The van der Waals surface area contributed by atoms with E-state index in [0.29, 0.717) is 12.1 Å². The fraction of sp³-hybridized carbons (Fsp3) is 0.222. The minimum absolute atomic E-state index is 0.113. The van der Waals surface area contributed by atoms with Crippen LogP contribution < -0.4 is 0 Å². The summed E-state index contributed by atoms with van der Waals surface area (Å²) in [6.07, 6.45) is -10.1. The highest BCUT2D eigenvalue weighted by Crippen LogP contribution is 2.33. The number of Topliss-reactive ketones (excluding diaryl/α,β-unsaturated/α-hetero) is 1. The molecule has 0 N–H and O–H groups in total. The molecule has 0 amide bonds. The van der Waals surface area contributed by atoms with Gasteiger partial charge in [0, 0.05) is 10.6 Å². The zero-order chi connectivity index (χ0) is 13.4. The molecule has 0 radical (unpaired) electrons. The van der Waals surface area contributed by atoms with Gasteiger partial charge in [0.15, 0.2) is 0 Å². The van der Waals surface area contributed by atoms with E-state index in [9.17, 15) is 31.1 Å². The highest BCUT2D eigenvalue weighted by molar-refractivity contribution is 6.31. The van der Waals surface area contributed by atoms with E-state index in [0.717, 1.165) is 0 Å². The van der Waals surface area contributed by atoms with Crippen molar-refractivity contribution in [3.63, 3.8) is 0 Å². The summed E-state index contributed by atoms with van der Waals surface area (Å²) < 4.78 is 72.8. The van der Waals surface area contributed by atoms with Crippen molar-refractivity contribution < 1.29 is 31.1 Å². The molecular formula is C9H3ClF6O. The van der Waals surface area contributed by atoms with Crippen molar-refractivity contribution in [1.82, 2.24) is 0 Å². The second kappa shape index (κ2) is 4.21. The molecule has 0 aromatic heterocycles. The van der Waals surface area contributed by atoms with E-state index in [1.54, 1.807) is 0 Å². The Morgan fingerprint density at radius 3 is 1.94 bits per heavy atom. The van der Waals surface area contributed by atoms with Gasteiger partial charge in [0.1, 0.15) is 0 Å². The van der Waals surface area contributed by atoms with Crippen molar-refractivity contribution >= 4 is 17.4 Å². The average Bonchev–Trinajstić information content (AvgIpc) is 2.12. The smallest absolute Gasteiger partial charge is 0.284 e. The molecule has 0 heterocycles. The van der Waals surface area contributed by atoms with E-state index in [4.69, 9.17) is 11.6 Å². The summed E-state index contributed by atoms with van der Waals surface area (Å²) in [5.41, 5.74) is -2.55. The Kier molecular flexibility index (Phi) is 3.42. The predicted molar refractivity (Wildman–Crippen MR) is 46.8 cm³/mol. The van der Waals surface area contributed by atoms with Gasteiger partial charge in [-0.3, -0.25) is 4.79 Å². The number of halogens is 7. The van der Waals surface area contributed by atoms with Crippen LogP contribution >= 0.6 is 11.6 Å². The molecule has 17 heavy (non-hydrogen) atoms. The number of hydrogen-bond donors (Lipinski definition) is 0. The van der Waals surface area contributed by atoms with Crippen LogP contribution in [0.2, 0.25) is 5.02 Å². The number of rotatable bonds is 1. The van der Waals surface area contributed by atoms with Crippen molar-refractivity contribution in [3.8, 4) is 0 Å². The predicted octanol–water partition coefficient (Wildman–Crippen LogP) is 4.10. The molecule has 0 aliphatic heterocycles. The zero-order valence-corrected chi connectivity index (χ0v) is 8.54. The fourth-order valence-corrected chi connectivity index (χ4v) is 1.28. The van der Waals surface area contributed by atoms with Gasteiger partial charge in [0.05, 0.1) is 5.56 Å². The SMILES string of the molecule is O=C(c1cc(Cl)cc(C(F)(F)F)c1)C(F)(F)F. The summed E-state index contributed by atoms with van der Waals surface area (Å²) in [6, 6.07) is 1.09. The first-order chi connectivity index (χ1) is 7.51. The normalized spacial score (nSPS) is 12.6. The Hall–Kier alpha value is -1.24. The molecule has 0 unspecified atom stereocenters. The van der Waals surface area contributed by atoms with Crippen LogP contribution in [-0.4, -0.2) is 12.0 Å². The number of carbonyl (C=O) groups excluding carboxylic acids is 1. The van der Waals surface area contributed by atoms with Gasteiger partial charge in [0.25, 0.3) is 5.78 Å². The third kappa shape index (κ3) is 3.36. The molecule has 1 aromatic rings. The lowest BCUT2D eigenvalue weighted by molar-refractivity contribution is -0.137. The second-order valence-corrected chi connectivity index (χ2v) is 3.49. The highest BCUT2D eigenvalue weighted by atomic mass is 35.5. The number of ketones is 1. The van der Waals surface area contributed by atoms with Crippen LogP contribution in [0.1, 0.15) is 15.9 Å². The van der Waals surface area contributed by atoms with Crippen molar-refractivity contribution in [3.05, 3.63) is 34.3 Å². The van der Waals surface area contributed by atoms with Gasteiger partial charge in [-0.05, 0) is 18.2 Å². The number of benzene rings is 1. The first-order valence-corrected chi connectivity index (χ1v) is 4.39. The molecule has 1 rings (SSSR count). The molecular weight excluding hydrogens is 274 g/mol. The molecule has 94 valence electrons. The summed E-state index contributed by atoms with van der Waals surface area (Å²) in [6.45, 7) is 0. The Labute approximate surface area is 96.0 Å². The van der Waals surface area contributed by atoms with E-state index in [-0.39, 0.29) is 6.07 Å². The molecule has 0 fully saturated rings. The minimum atomic E-state index is -5.24. The Morgan fingerprint density at radius 1 is 1.00 bits per heavy atom. The maximum absolute atomic E-state index is 12.3. The van der Waals surface area contributed by atoms with Gasteiger partial charge in [-0.1, -0.05) is 11.6 Å². The molecule has 0 spiro atoms. The molecule has 0 atom stereocenters. The van der Waals surface area contributed by atoms with E-state index in [2.05, 4.69) is 0 Å². The van der Waals surface area contributed by atoms with Crippen LogP contribution in [0.5, 0.6) is 0 Å². The summed E-state index contributed by atoms with van der Waals surface area (Å²) in [4.78, 5) is 10.7. The third-order valence-electron chi connectivity index (χ3n) is 1.74. The molecule has 0 bridgehead atoms. The van der Waals surface area contributed by atoms with Crippen LogP contribution in [0.3, 0.4) is 0 Å². The summed E-state index contributed by atoms with van der Waals surface area (Å²) in [7, 11) is 0. The maximum Gasteiger partial charge on any atom is 0.454 e. The van der Waals surface area contributed by atoms with Gasteiger partial charge < -0.3 is 0 Å².